The molecule has 5 rings (SSSR count). The molecule has 2 heterocycles. The van der Waals surface area contributed by atoms with E-state index in [0.717, 1.165) is 10.5 Å². The molecule has 25 nitrogen and oxygen atoms in total. The molecular weight excluding hydrogens is 1430 g/mol. The van der Waals surface area contributed by atoms with Crippen LogP contribution in [-0.2, 0) is 65.6 Å². The number of carbonyl (C=O) groups excluding carboxylic acids is 10. The Bertz CT molecular complexity index is 3560. The summed E-state index contributed by atoms with van der Waals surface area (Å²) in [5.41, 5.74) is 7.42. The summed E-state index contributed by atoms with van der Waals surface area (Å²) in [4.78, 5) is 143. The first-order chi connectivity index (χ1) is 50.8. The van der Waals surface area contributed by atoms with Crippen molar-refractivity contribution in [2.75, 3.05) is 66.9 Å². The van der Waals surface area contributed by atoms with Gasteiger partial charge in [-0.1, -0.05) is 110 Å². The summed E-state index contributed by atoms with van der Waals surface area (Å²) in [5, 5.41) is 19.2. The van der Waals surface area contributed by atoms with Gasteiger partial charge in [0.2, 0.25) is 82.1 Å². The van der Waals surface area contributed by atoms with E-state index in [1.165, 1.54) is 31.3 Å². The first kappa shape index (κ1) is 89.8. The molecule has 600 valence electrons. The minimum atomic E-state index is -5.00. The monoisotopic (exact) mass is 1530 g/mol. The Hall–Kier alpha value is -8.82. The predicted octanol–water partition coefficient (Wildman–Crippen LogP) is 7.33. The van der Waals surface area contributed by atoms with Crippen LogP contribution in [0.3, 0.4) is 0 Å². The molecule has 108 heavy (non-hydrogen) atoms. The van der Waals surface area contributed by atoms with E-state index in [-0.39, 0.29) is 93.4 Å². The van der Waals surface area contributed by atoms with Crippen molar-refractivity contribution in [2.45, 2.75) is 199 Å². The van der Waals surface area contributed by atoms with E-state index >= 15 is 0 Å². The lowest BCUT2D eigenvalue weighted by atomic mass is 9.90. The fraction of sp³-hybridized carbons (Fsp3) is 0.600. The number of anilines is 1. The summed E-state index contributed by atoms with van der Waals surface area (Å²) >= 11 is 0. The Kier molecular flexibility index (Phi) is 34.6. The third-order valence-electron chi connectivity index (χ3n) is 19.6. The first-order valence-electron chi connectivity index (χ1n) is 36.2. The van der Waals surface area contributed by atoms with E-state index < -0.39 is 180 Å². The molecule has 0 bridgehead atoms. The highest BCUT2D eigenvalue weighted by molar-refractivity contribution is 5.98. The van der Waals surface area contributed by atoms with Crippen LogP contribution in [0.25, 0.3) is 0 Å². The Labute approximate surface area is 625 Å². The van der Waals surface area contributed by atoms with E-state index in [0.29, 0.717) is 36.9 Å². The van der Waals surface area contributed by atoms with Gasteiger partial charge in [0.25, 0.3) is 0 Å². The maximum absolute atomic E-state index is 14.6. The van der Waals surface area contributed by atoms with Crippen LogP contribution in [0.15, 0.2) is 66.7 Å². The number of hydrogen-bond donors (Lipinski definition) is 8. The Morgan fingerprint density at radius 2 is 1.28 bits per heavy atom. The number of urea groups is 1. The largest absolute Gasteiger partial charge is 0.420 e. The fourth-order valence-corrected chi connectivity index (χ4v) is 13.7. The number of likely N-dealkylation sites (tertiary alicyclic amines) is 2. The lowest BCUT2D eigenvalue weighted by Gasteiger charge is -2.39. The van der Waals surface area contributed by atoms with Gasteiger partial charge in [-0.25, -0.2) is 18.0 Å². The number of alkyl halides is 3. The zero-order valence-electron chi connectivity index (χ0n) is 63.6. The molecule has 12 atom stereocenters. The molecule has 33 heteroatoms. The number of nitrogens with one attached hydrogen (secondary N) is 7. The van der Waals surface area contributed by atoms with Crippen LogP contribution < -0.4 is 47.7 Å². The van der Waals surface area contributed by atoms with Gasteiger partial charge in [0.05, 0.1) is 48.6 Å². The maximum atomic E-state index is 14.6. The number of piperidine rings is 1. The molecule has 0 aromatic heterocycles. The summed E-state index contributed by atoms with van der Waals surface area (Å²) < 4.78 is 129. The number of likely N-dealkylation sites (N-methyl/N-ethyl adjacent to an activating group) is 2. The van der Waals surface area contributed by atoms with Crippen LogP contribution >= 0.6 is 0 Å². The molecule has 3 aromatic carbocycles. The van der Waals surface area contributed by atoms with Gasteiger partial charge in [-0.2, -0.15) is 22.0 Å². The number of rotatable bonds is 39. The minimum absolute atomic E-state index is 0.000236. The van der Waals surface area contributed by atoms with Crippen molar-refractivity contribution in [1.82, 2.24) is 51.5 Å². The summed E-state index contributed by atoms with van der Waals surface area (Å²) in [6, 6.07) is 5.67. The molecule has 2 aliphatic rings. The predicted molar refractivity (Wildman–Crippen MR) is 385 cm³/mol. The molecule has 0 unspecified atom stereocenters. The van der Waals surface area contributed by atoms with Gasteiger partial charge in [0.1, 0.15) is 30.2 Å². The van der Waals surface area contributed by atoms with Crippen molar-refractivity contribution in [2.24, 2.45) is 35.3 Å². The smallest absolute Gasteiger partial charge is 0.404 e. The van der Waals surface area contributed by atoms with Gasteiger partial charge in [-0.15, -0.1) is 0 Å². The van der Waals surface area contributed by atoms with Crippen LogP contribution in [-0.4, -0.2) is 207 Å². The van der Waals surface area contributed by atoms with E-state index in [4.69, 9.17) is 15.2 Å². The number of nitrogens with zero attached hydrogens (tertiary/aromatic N) is 4. The summed E-state index contributed by atoms with van der Waals surface area (Å²) in [7, 11) is 8.13. The number of benzene rings is 3. The van der Waals surface area contributed by atoms with E-state index in [9.17, 15) is 83.1 Å². The second-order valence-corrected chi connectivity index (χ2v) is 28.7. The van der Waals surface area contributed by atoms with Gasteiger partial charge in [0.15, 0.2) is 0 Å². The molecule has 9 N–H and O–H groups in total. The fourth-order valence-electron chi connectivity index (χ4n) is 13.7. The summed E-state index contributed by atoms with van der Waals surface area (Å²) in [6.07, 6.45) is -7.22. The molecule has 0 spiro atoms. The Balaban J connectivity index is 1.21. The number of amides is 10. The van der Waals surface area contributed by atoms with Gasteiger partial charge < -0.3 is 67.0 Å². The van der Waals surface area contributed by atoms with Crippen LogP contribution in [0.4, 0.5) is 45.6 Å². The number of halogens is 8. The number of esters is 1. The average Bonchev–Trinajstić information content (AvgIpc) is 1.39. The molecule has 2 aliphatic heterocycles. The zero-order chi connectivity index (χ0) is 80.8. The normalized spacial score (nSPS) is 18.0. The van der Waals surface area contributed by atoms with Crippen molar-refractivity contribution in [1.29, 1.82) is 0 Å². The average molecular weight is 1540 g/mol. The summed E-state index contributed by atoms with van der Waals surface area (Å²) in [5.74, 6) is -23.9. The topological polar surface area (TPSA) is 322 Å². The number of ether oxygens (including phenoxy) is 3. The van der Waals surface area contributed by atoms with Crippen LogP contribution in [0.5, 0.6) is 5.75 Å². The van der Waals surface area contributed by atoms with Crippen molar-refractivity contribution in [3.8, 4) is 5.75 Å². The van der Waals surface area contributed by atoms with Gasteiger partial charge >= 0.3 is 18.2 Å². The second kappa shape index (κ2) is 41.7. The quantitative estimate of drug-likeness (QED) is 0.00527. The lowest BCUT2D eigenvalue weighted by Crippen LogP contribution is -2.59. The highest BCUT2D eigenvalue weighted by atomic mass is 19.4. The standard InChI is InChI=1S/C75H106F8N12O13/c1-15-43(8)64(93(12)72(103)62(41(4)5)91-71(102)63(42(6)7)92(10)11)52(106-13)38-55(97)95-34-20-25-51(95)65(107-14)44(9)67(98)89-50(36-45-22-17-16-18-23-45)68(99)86-39-46-27-29-48(30-28-46)87-69(100)49(24-19-32-85-74(84)105)88-70(101)61(40(2)3)90-54(96)26-21-33-94-35-31-47(37-53(94)75(81,82)83)73(104)108-66-59(79)57(77)56(76)58(78)60(66)80/h16-18,22-23,27-30,40-42,44,47,49-53,61-65H,8,15,19-21,24-26,31-39H2,1-7,9-14H3,(H,86,99)(H,87,100)(H,88,101)(H,89,98)(H,90,96)(H,91,102)(H3,84,85,105)/t44-,47+,49+,50+,51+,52-,53-,61+,62+,63+,64+,65-/m1/s1. The summed E-state index contributed by atoms with van der Waals surface area (Å²) in [6.45, 7) is 18.0. The zero-order valence-corrected chi connectivity index (χ0v) is 63.6. The number of carbonyl (C=O) groups is 10. The number of primary amides is 1. The van der Waals surface area contributed by atoms with Crippen molar-refractivity contribution < 1.29 is 97.3 Å². The van der Waals surface area contributed by atoms with Gasteiger partial charge in [-0.3, -0.25) is 53.0 Å². The molecular formula is C75H106F8N12O13. The van der Waals surface area contributed by atoms with Gasteiger partial charge in [0, 0.05) is 59.4 Å². The Morgan fingerprint density at radius 1 is 0.667 bits per heavy atom. The SMILES string of the molecule is C=C(CC)[C@@H]([C@@H](CC(=O)N1CCC[C@H]1[C@H](OC)[C@@H](C)C(=O)N[C@@H](Cc1ccccc1)C(=O)NCc1ccc(NC(=O)[C@H](CCCNC(N)=O)NC(=O)[C@@H](NC(=O)CCCN2CC[C@H](C(=O)Oc3c(F)c(F)c(F)c(F)c3F)C[C@@H]2C(F)(F)F)C(C)C)cc1)OC)N(C)C(=O)[C@@H](NC(=O)[C@H](C(C)C)N(C)C)C(C)C. The molecule has 0 radical (unpaired) electrons. The molecule has 2 fully saturated rings. The van der Waals surface area contributed by atoms with Crippen molar-refractivity contribution >= 4 is 64.9 Å². The minimum Gasteiger partial charge on any atom is -0.420 e. The van der Waals surface area contributed by atoms with Crippen molar-refractivity contribution in [3.05, 3.63) is 107 Å². The van der Waals surface area contributed by atoms with E-state index in [1.807, 2.05) is 46.8 Å². The molecule has 0 aliphatic carbocycles. The molecule has 0 saturated carbocycles. The number of methoxy groups -OCH3 is 2. The second-order valence-electron chi connectivity index (χ2n) is 28.7. The van der Waals surface area contributed by atoms with Crippen LogP contribution in [0.2, 0.25) is 0 Å². The first-order valence-corrected chi connectivity index (χ1v) is 36.2. The number of hydrogen-bond acceptors (Lipinski definition) is 15. The maximum Gasteiger partial charge on any atom is 0.404 e. The van der Waals surface area contributed by atoms with Gasteiger partial charge in [-0.05, 0) is 120 Å². The molecule has 2 saturated heterocycles. The van der Waals surface area contributed by atoms with E-state index in [1.54, 1.807) is 82.0 Å². The Morgan fingerprint density at radius 3 is 1.83 bits per heavy atom. The third kappa shape index (κ3) is 24.9. The van der Waals surface area contributed by atoms with Crippen molar-refractivity contribution in [3.63, 3.8) is 0 Å². The van der Waals surface area contributed by atoms with Crippen LogP contribution in [0.1, 0.15) is 131 Å². The lowest BCUT2D eigenvalue weighted by molar-refractivity contribution is -0.197. The number of nitrogens with two attached hydrogens (primary N) is 1. The highest BCUT2D eigenvalue weighted by Gasteiger charge is 2.49. The molecule has 3 aromatic rings. The third-order valence-corrected chi connectivity index (χ3v) is 19.6. The molecule has 10 amide bonds. The van der Waals surface area contributed by atoms with E-state index in [2.05, 4.69) is 48.5 Å². The highest BCUT2D eigenvalue weighted by Crippen LogP contribution is 2.37. The van der Waals surface area contributed by atoms with Crippen LogP contribution in [0, 0.1) is 58.7 Å².